The number of rotatable bonds is 5. The molecule has 0 unspecified atom stereocenters. The molecule has 2 aromatic rings. The third kappa shape index (κ3) is 5.01. The van der Waals surface area contributed by atoms with Crippen LogP contribution in [0.4, 0.5) is 5.69 Å². The number of anilines is 1. The number of nitrogens with zero attached hydrogens (tertiary/aromatic N) is 1. The Morgan fingerprint density at radius 3 is 2.64 bits per heavy atom. The molecular weight excluding hydrogens is 370 g/mol. The fraction of sp³-hybridized carbons (Fsp3) is 0.364. The Bertz CT molecular complexity index is 832. The maximum absolute atomic E-state index is 12.5. The molecule has 1 amide bonds. The molecule has 3 rings (SSSR count). The van der Waals surface area contributed by atoms with Crippen LogP contribution in [-0.4, -0.2) is 42.2 Å². The second-order valence-electron chi connectivity index (χ2n) is 6.91. The van der Waals surface area contributed by atoms with Crippen molar-refractivity contribution in [2.45, 2.75) is 32.2 Å². The molecule has 1 aliphatic rings. The predicted octanol–water partition coefficient (Wildman–Crippen LogP) is 3.85. The zero-order valence-electron chi connectivity index (χ0n) is 16.4. The van der Waals surface area contributed by atoms with Gasteiger partial charge in [0.25, 0.3) is 5.91 Å². The highest BCUT2D eigenvalue weighted by molar-refractivity contribution is 7.80. The molecule has 6 heteroatoms. The Hall–Kier alpha value is -2.60. The lowest BCUT2D eigenvalue weighted by molar-refractivity contribution is 0.0922. The SMILES string of the molecule is CCc1ccccc1NC(=S)N1CCC(NC(=O)c2cccc(OC)c2)CC1. The third-order valence-corrected chi connectivity index (χ3v) is 5.45. The average Bonchev–Trinajstić information content (AvgIpc) is 2.74. The van der Waals surface area contributed by atoms with Crippen LogP contribution in [0, 0.1) is 0 Å². The van der Waals surface area contributed by atoms with Crippen molar-refractivity contribution in [1.29, 1.82) is 0 Å². The number of piperidine rings is 1. The van der Waals surface area contributed by atoms with Crippen molar-refractivity contribution < 1.29 is 9.53 Å². The van der Waals surface area contributed by atoms with Gasteiger partial charge in [0, 0.05) is 30.4 Å². The Morgan fingerprint density at radius 1 is 1.18 bits per heavy atom. The van der Waals surface area contributed by atoms with Crippen molar-refractivity contribution in [3.63, 3.8) is 0 Å². The van der Waals surface area contributed by atoms with Crippen molar-refractivity contribution in [1.82, 2.24) is 10.2 Å². The maximum Gasteiger partial charge on any atom is 0.251 e. The largest absolute Gasteiger partial charge is 0.497 e. The molecule has 0 aromatic heterocycles. The number of likely N-dealkylation sites (tertiary alicyclic amines) is 1. The minimum atomic E-state index is -0.0603. The second kappa shape index (κ2) is 9.55. The van der Waals surface area contributed by atoms with Gasteiger partial charge in [-0.15, -0.1) is 0 Å². The summed E-state index contributed by atoms with van der Waals surface area (Å²) < 4.78 is 5.19. The minimum Gasteiger partial charge on any atom is -0.497 e. The fourth-order valence-corrected chi connectivity index (χ4v) is 3.70. The summed E-state index contributed by atoms with van der Waals surface area (Å²) in [6.07, 6.45) is 2.70. The first-order valence-corrected chi connectivity index (χ1v) is 10.1. The minimum absolute atomic E-state index is 0.0603. The van der Waals surface area contributed by atoms with Crippen LogP contribution in [0.15, 0.2) is 48.5 Å². The molecule has 0 atom stereocenters. The lowest BCUT2D eigenvalue weighted by Gasteiger charge is -2.34. The predicted molar refractivity (Wildman–Crippen MR) is 117 cm³/mol. The van der Waals surface area contributed by atoms with Crippen molar-refractivity contribution in [2.75, 3.05) is 25.5 Å². The molecule has 1 fully saturated rings. The number of ether oxygens (including phenoxy) is 1. The van der Waals surface area contributed by atoms with E-state index in [1.165, 1.54) is 5.56 Å². The smallest absolute Gasteiger partial charge is 0.251 e. The molecule has 0 radical (unpaired) electrons. The van der Waals surface area contributed by atoms with Gasteiger partial charge in [0.2, 0.25) is 0 Å². The van der Waals surface area contributed by atoms with Gasteiger partial charge >= 0.3 is 0 Å². The molecule has 0 saturated carbocycles. The summed E-state index contributed by atoms with van der Waals surface area (Å²) in [4.78, 5) is 14.7. The molecule has 0 bridgehead atoms. The monoisotopic (exact) mass is 397 g/mol. The average molecular weight is 398 g/mol. The van der Waals surface area contributed by atoms with E-state index in [9.17, 15) is 4.79 Å². The van der Waals surface area contributed by atoms with Gasteiger partial charge in [0.1, 0.15) is 5.75 Å². The maximum atomic E-state index is 12.5. The molecule has 0 aliphatic carbocycles. The number of carbonyl (C=O) groups excluding carboxylic acids is 1. The zero-order valence-corrected chi connectivity index (χ0v) is 17.2. The molecule has 0 spiro atoms. The van der Waals surface area contributed by atoms with Crippen LogP contribution in [0.3, 0.4) is 0 Å². The van der Waals surface area contributed by atoms with Crippen LogP contribution in [0.25, 0.3) is 0 Å². The quantitative estimate of drug-likeness (QED) is 0.751. The molecule has 2 N–H and O–H groups in total. The normalized spacial score (nSPS) is 14.4. The number of nitrogens with one attached hydrogen (secondary N) is 2. The molecular formula is C22H27N3O2S. The number of aryl methyl sites for hydroxylation is 1. The topological polar surface area (TPSA) is 53.6 Å². The Morgan fingerprint density at radius 2 is 1.93 bits per heavy atom. The van der Waals surface area contributed by atoms with E-state index in [2.05, 4.69) is 34.6 Å². The Balaban J connectivity index is 1.51. The lowest BCUT2D eigenvalue weighted by Crippen LogP contribution is -2.47. The first kappa shape index (κ1) is 20.1. The summed E-state index contributed by atoms with van der Waals surface area (Å²) in [5.74, 6) is 0.626. The van der Waals surface area contributed by atoms with Crippen LogP contribution < -0.4 is 15.4 Å². The van der Waals surface area contributed by atoms with Gasteiger partial charge < -0.3 is 20.3 Å². The summed E-state index contributed by atoms with van der Waals surface area (Å²) in [6, 6.07) is 15.6. The van der Waals surface area contributed by atoms with E-state index in [-0.39, 0.29) is 11.9 Å². The van der Waals surface area contributed by atoms with Crippen LogP contribution in [0.1, 0.15) is 35.7 Å². The molecule has 148 valence electrons. The number of methoxy groups -OCH3 is 1. The first-order valence-electron chi connectivity index (χ1n) is 9.69. The van der Waals surface area contributed by atoms with Crippen LogP contribution in [0.2, 0.25) is 0 Å². The Kier molecular flexibility index (Phi) is 6.87. The van der Waals surface area contributed by atoms with Gasteiger partial charge in [0.15, 0.2) is 5.11 Å². The number of carbonyl (C=O) groups is 1. The molecule has 1 aliphatic heterocycles. The summed E-state index contributed by atoms with van der Waals surface area (Å²) >= 11 is 5.61. The van der Waals surface area contributed by atoms with Gasteiger partial charge in [-0.3, -0.25) is 4.79 Å². The number of hydrogen-bond donors (Lipinski definition) is 2. The first-order chi connectivity index (χ1) is 13.6. The lowest BCUT2D eigenvalue weighted by atomic mass is 10.0. The van der Waals surface area contributed by atoms with Crippen molar-refractivity contribution >= 4 is 28.9 Å². The summed E-state index contributed by atoms with van der Waals surface area (Å²) in [6.45, 7) is 3.78. The van der Waals surface area contributed by atoms with E-state index in [1.54, 1.807) is 19.2 Å². The highest BCUT2D eigenvalue weighted by Gasteiger charge is 2.23. The van der Waals surface area contributed by atoms with Crippen LogP contribution >= 0.6 is 12.2 Å². The fourth-order valence-electron chi connectivity index (χ4n) is 3.40. The van der Waals surface area contributed by atoms with Crippen molar-refractivity contribution in [3.8, 4) is 5.75 Å². The van der Waals surface area contributed by atoms with E-state index >= 15 is 0 Å². The number of hydrogen-bond acceptors (Lipinski definition) is 3. The number of benzene rings is 2. The highest BCUT2D eigenvalue weighted by atomic mass is 32.1. The summed E-state index contributed by atoms with van der Waals surface area (Å²) in [5, 5.41) is 7.26. The van der Waals surface area contributed by atoms with Crippen molar-refractivity contribution in [2.24, 2.45) is 0 Å². The molecule has 1 heterocycles. The van der Waals surface area contributed by atoms with E-state index in [0.717, 1.165) is 43.2 Å². The standard InChI is InChI=1S/C22H27N3O2S/c1-3-16-7-4-5-10-20(16)24-22(28)25-13-11-18(12-14-25)23-21(26)17-8-6-9-19(15-17)27-2/h4-10,15,18H,3,11-14H2,1-2H3,(H,23,26)(H,24,28). The zero-order chi connectivity index (χ0) is 19.9. The van der Waals surface area contributed by atoms with Gasteiger partial charge in [-0.1, -0.05) is 31.2 Å². The molecule has 5 nitrogen and oxygen atoms in total. The van der Waals surface area contributed by atoms with Crippen LogP contribution in [-0.2, 0) is 6.42 Å². The van der Waals surface area contributed by atoms with Gasteiger partial charge in [-0.05, 0) is 61.3 Å². The molecule has 28 heavy (non-hydrogen) atoms. The van der Waals surface area contributed by atoms with Gasteiger partial charge in [0.05, 0.1) is 7.11 Å². The summed E-state index contributed by atoms with van der Waals surface area (Å²) in [7, 11) is 1.60. The molecule has 1 saturated heterocycles. The number of thiocarbonyl (C=S) groups is 1. The number of para-hydroxylation sites is 1. The van der Waals surface area contributed by atoms with E-state index in [0.29, 0.717) is 11.3 Å². The van der Waals surface area contributed by atoms with E-state index in [1.807, 2.05) is 24.3 Å². The van der Waals surface area contributed by atoms with E-state index < -0.39 is 0 Å². The van der Waals surface area contributed by atoms with Gasteiger partial charge in [-0.2, -0.15) is 0 Å². The number of amides is 1. The van der Waals surface area contributed by atoms with Crippen molar-refractivity contribution in [3.05, 3.63) is 59.7 Å². The van der Waals surface area contributed by atoms with E-state index in [4.69, 9.17) is 17.0 Å². The van der Waals surface area contributed by atoms with Gasteiger partial charge in [-0.25, -0.2) is 0 Å². The van der Waals surface area contributed by atoms with Crippen LogP contribution in [0.5, 0.6) is 5.75 Å². The second-order valence-corrected chi connectivity index (χ2v) is 7.29. The molecule has 2 aromatic carbocycles. The summed E-state index contributed by atoms with van der Waals surface area (Å²) in [5.41, 5.74) is 2.95. The highest BCUT2D eigenvalue weighted by Crippen LogP contribution is 2.19. The third-order valence-electron chi connectivity index (χ3n) is 5.09. The Labute approximate surface area is 172 Å².